The van der Waals surface area contributed by atoms with Crippen LogP contribution in [0.3, 0.4) is 0 Å². The lowest BCUT2D eigenvalue weighted by atomic mass is 10.1. The molecule has 4 aromatic rings. The topological polar surface area (TPSA) is 100 Å². The van der Waals surface area contributed by atoms with Gasteiger partial charge < -0.3 is 18.8 Å². The Hall–Kier alpha value is -3.51. The monoisotopic (exact) mass is 635 g/mol. The van der Waals surface area contributed by atoms with E-state index in [1.54, 1.807) is 24.3 Å². The lowest BCUT2D eigenvalue weighted by molar-refractivity contribution is 0.0727. The molecule has 0 aliphatic carbocycles. The summed E-state index contributed by atoms with van der Waals surface area (Å²) in [5.74, 6) is 2.22. The molecule has 0 N–H and O–H groups in total. The first kappa shape index (κ1) is 31.9. The van der Waals surface area contributed by atoms with E-state index in [9.17, 15) is 8.42 Å². The zero-order chi connectivity index (χ0) is 31.7. The number of hydrogen-bond acceptors (Lipinski definition) is 9. The maximum absolute atomic E-state index is 12.9. The summed E-state index contributed by atoms with van der Waals surface area (Å²) < 4.78 is 49.9. The maximum atomic E-state index is 12.9. The van der Waals surface area contributed by atoms with Crippen LogP contribution in [0.5, 0.6) is 11.5 Å². The molecule has 1 unspecified atom stereocenters. The summed E-state index contributed by atoms with van der Waals surface area (Å²) in [4.78, 5) is 11.6. The Bertz CT molecular complexity index is 1740. The highest BCUT2D eigenvalue weighted by Gasteiger charge is 2.39. The number of aromatic nitrogens is 2. The molecule has 1 aliphatic heterocycles. The van der Waals surface area contributed by atoms with Crippen molar-refractivity contribution in [2.75, 3.05) is 38.3 Å². The van der Waals surface area contributed by atoms with Crippen molar-refractivity contribution >= 4 is 35.2 Å². The highest BCUT2D eigenvalue weighted by Crippen LogP contribution is 2.38. The minimum atomic E-state index is -3.95. The molecule has 0 saturated heterocycles. The molecule has 234 valence electrons. The van der Waals surface area contributed by atoms with Crippen LogP contribution in [-0.2, 0) is 18.7 Å². The van der Waals surface area contributed by atoms with Crippen molar-refractivity contribution in [3.05, 3.63) is 72.4 Å². The molecular formula is C33H41N3O6SSi. The predicted molar refractivity (Wildman–Crippen MR) is 176 cm³/mol. The van der Waals surface area contributed by atoms with E-state index in [0.717, 1.165) is 45.8 Å². The van der Waals surface area contributed by atoms with Crippen LogP contribution in [0.4, 0.5) is 5.82 Å². The van der Waals surface area contributed by atoms with Gasteiger partial charge in [0.25, 0.3) is 10.1 Å². The van der Waals surface area contributed by atoms with E-state index in [-0.39, 0.29) is 23.1 Å². The Labute approximate surface area is 261 Å². The van der Waals surface area contributed by atoms with Gasteiger partial charge in [0.1, 0.15) is 25.1 Å². The van der Waals surface area contributed by atoms with Crippen LogP contribution < -0.4 is 14.4 Å². The Balaban J connectivity index is 1.31. The van der Waals surface area contributed by atoms with E-state index in [4.69, 9.17) is 23.1 Å². The highest BCUT2D eigenvalue weighted by atomic mass is 32.2. The molecule has 0 bridgehead atoms. The number of rotatable bonds is 10. The Morgan fingerprint density at radius 2 is 1.77 bits per heavy atom. The van der Waals surface area contributed by atoms with Crippen molar-refractivity contribution in [1.29, 1.82) is 0 Å². The zero-order valence-corrected chi connectivity index (χ0v) is 28.3. The third-order valence-electron chi connectivity index (χ3n) is 8.26. The Morgan fingerprint density at radius 1 is 1.02 bits per heavy atom. The summed E-state index contributed by atoms with van der Waals surface area (Å²) in [6.45, 7) is 14.0. The fraction of sp³-hybridized carbons (Fsp3) is 0.394. The van der Waals surface area contributed by atoms with Gasteiger partial charge in [0.2, 0.25) is 0 Å². The van der Waals surface area contributed by atoms with Crippen LogP contribution in [0.15, 0.2) is 71.8 Å². The van der Waals surface area contributed by atoms with Gasteiger partial charge in [0.15, 0.2) is 19.9 Å². The zero-order valence-electron chi connectivity index (χ0n) is 26.5. The van der Waals surface area contributed by atoms with Crippen LogP contribution in [0.2, 0.25) is 18.1 Å². The van der Waals surface area contributed by atoms with Gasteiger partial charge in [-0.3, -0.25) is 4.18 Å². The maximum Gasteiger partial charge on any atom is 0.297 e. The summed E-state index contributed by atoms with van der Waals surface area (Å²) in [5.41, 5.74) is 3.46. The molecule has 0 radical (unpaired) electrons. The van der Waals surface area contributed by atoms with Crippen LogP contribution in [0, 0.1) is 6.92 Å². The van der Waals surface area contributed by atoms with Crippen LogP contribution in [0.1, 0.15) is 26.3 Å². The first-order valence-corrected chi connectivity index (χ1v) is 19.1. The first-order chi connectivity index (χ1) is 20.7. The average molecular weight is 636 g/mol. The van der Waals surface area contributed by atoms with Crippen molar-refractivity contribution in [3.63, 3.8) is 0 Å². The minimum Gasteiger partial charge on any atom is -0.491 e. The van der Waals surface area contributed by atoms with E-state index >= 15 is 0 Å². The van der Waals surface area contributed by atoms with Gasteiger partial charge in [-0.15, -0.1) is 0 Å². The number of ether oxygens (including phenoxy) is 2. The molecule has 1 atom stereocenters. The molecule has 0 spiro atoms. The molecule has 0 saturated carbocycles. The van der Waals surface area contributed by atoms with Crippen molar-refractivity contribution in [2.45, 2.75) is 56.8 Å². The van der Waals surface area contributed by atoms with E-state index in [1.165, 1.54) is 0 Å². The van der Waals surface area contributed by atoms with Gasteiger partial charge in [0.05, 0.1) is 29.3 Å². The number of nitrogens with zero attached hydrogens (tertiary/aromatic N) is 3. The van der Waals surface area contributed by atoms with E-state index < -0.39 is 24.5 Å². The molecule has 11 heteroatoms. The van der Waals surface area contributed by atoms with Gasteiger partial charge in [-0.05, 0) is 67.5 Å². The molecule has 0 amide bonds. The summed E-state index contributed by atoms with van der Waals surface area (Å²) in [6.07, 6.45) is 1.23. The Kier molecular flexibility index (Phi) is 9.04. The molecule has 2 aromatic carbocycles. The second kappa shape index (κ2) is 12.5. The van der Waals surface area contributed by atoms with Crippen molar-refractivity contribution in [1.82, 2.24) is 9.97 Å². The van der Waals surface area contributed by atoms with Gasteiger partial charge >= 0.3 is 0 Å². The second-order valence-electron chi connectivity index (χ2n) is 12.7. The number of anilines is 1. The molecular weight excluding hydrogens is 595 g/mol. The second-order valence-corrected chi connectivity index (χ2v) is 19.1. The molecule has 0 fully saturated rings. The van der Waals surface area contributed by atoms with Crippen LogP contribution in [0.25, 0.3) is 22.2 Å². The Morgan fingerprint density at radius 3 is 2.50 bits per heavy atom. The number of fused-ring (bicyclic) bond motifs is 2. The number of likely N-dealkylation sites (N-methyl/N-ethyl adjacent to an activating group) is 1. The number of aryl methyl sites for hydroxylation is 1. The molecule has 2 aromatic heterocycles. The lowest BCUT2D eigenvalue weighted by Crippen LogP contribution is -2.46. The number of benzene rings is 2. The molecule has 9 nitrogen and oxygen atoms in total. The van der Waals surface area contributed by atoms with Gasteiger partial charge in [-0.25, -0.2) is 9.97 Å². The summed E-state index contributed by atoms with van der Waals surface area (Å²) >= 11 is 0. The summed E-state index contributed by atoms with van der Waals surface area (Å²) in [6, 6.07) is 18.2. The van der Waals surface area contributed by atoms with E-state index in [0.29, 0.717) is 12.4 Å². The van der Waals surface area contributed by atoms with Crippen LogP contribution in [-0.4, -0.2) is 66.2 Å². The molecule has 1 aliphatic rings. The van der Waals surface area contributed by atoms with E-state index in [1.807, 2.05) is 56.6 Å². The fourth-order valence-electron chi connectivity index (χ4n) is 4.56. The quantitative estimate of drug-likeness (QED) is 0.141. The van der Waals surface area contributed by atoms with Gasteiger partial charge in [-0.2, -0.15) is 8.42 Å². The van der Waals surface area contributed by atoms with E-state index in [2.05, 4.69) is 43.7 Å². The van der Waals surface area contributed by atoms with Crippen molar-refractivity contribution in [3.8, 4) is 22.8 Å². The number of pyridine rings is 2. The summed E-state index contributed by atoms with van der Waals surface area (Å²) in [7, 11) is -4.22. The van der Waals surface area contributed by atoms with Crippen molar-refractivity contribution < 1.29 is 26.5 Å². The van der Waals surface area contributed by atoms with Gasteiger partial charge in [0, 0.05) is 24.2 Å². The summed E-state index contributed by atoms with van der Waals surface area (Å²) in [5, 5.41) is 0.830. The normalized spacial score (nSPS) is 14.7. The third kappa shape index (κ3) is 7.23. The molecule has 44 heavy (non-hydrogen) atoms. The molecule has 3 heterocycles. The standard InChI is InChI=1S/C33H41N3O6SSi/c1-23-8-12-28(13-9-23)43(37,38)41-22-27(42-44(6,7)33(2,3)4)21-40-26-11-15-29-24(18-26)10-14-30(35-29)25-19-31-32(34-20-25)36(5)16-17-39-31/h8-15,18-20,27H,16-17,21-22H2,1-7H3. The molecule has 5 rings (SSSR count). The minimum absolute atomic E-state index is 0.0803. The third-order valence-corrected chi connectivity index (χ3v) is 14.1. The largest absolute Gasteiger partial charge is 0.491 e. The van der Waals surface area contributed by atoms with Crippen molar-refractivity contribution in [2.24, 2.45) is 0 Å². The smallest absolute Gasteiger partial charge is 0.297 e. The first-order valence-electron chi connectivity index (χ1n) is 14.7. The fourth-order valence-corrected chi connectivity index (χ4v) is 6.82. The van der Waals surface area contributed by atoms with Crippen LogP contribution >= 0.6 is 0 Å². The average Bonchev–Trinajstić information content (AvgIpc) is 2.97. The SMILES string of the molecule is Cc1ccc(S(=O)(=O)OCC(COc2ccc3nc(-c4cnc5c(c4)OCCN5C)ccc3c2)O[Si](C)(C)C(C)(C)C)cc1. The predicted octanol–water partition coefficient (Wildman–Crippen LogP) is 6.61. The lowest BCUT2D eigenvalue weighted by Gasteiger charge is -2.39. The number of hydrogen-bond donors (Lipinski definition) is 0. The highest BCUT2D eigenvalue weighted by molar-refractivity contribution is 7.86. The van der Waals surface area contributed by atoms with Gasteiger partial charge in [-0.1, -0.05) is 44.5 Å².